The van der Waals surface area contributed by atoms with Crippen molar-refractivity contribution in [1.29, 1.82) is 0 Å². The second-order valence-corrected chi connectivity index (χ2v) is 7.73. The number of hydrogen-bond acceptors (Lipinski definition) is 7. The Balaban J connectivity index is 0.000000974. The van der Waals surface area contributed by atoms with E-state index in [1.807, 2.05) is 34.7 Å². The second-order valence-electron chi connectivity index (χ2n) is 7.30. The third-order valence-corrected chi connectivity index (χ3v) is 4.80. The van der Waals surface area contributed by atoms with Crippen molar-refractivity contribution in [2.75, 3.05) is 37.4 Å². The Labute approximate surface area is 241 Å². The van der Waals surface area contributed by atoms with Crippen LogP contribution in [0.25, 0.3) is 0 Å². The summed E-state index contributed by atoms with van der Waals surface area (Å²) in [5.41, 5.74) is 0.305. The average molecular weight is 572 g/mol. The second kappa shape index (κ2) is 20.6. The van der Waals surface area contributed by atoms with Crippen LogP contribution in [0.15, 0.2) is 53.7 Å². The summed E-state index contributed by atoms with van der Waals surface area (Å²) in [6, 6.07) is 7.31. The number of likely N-dealkylation sites (N-methyl/N-ethyl adjacent to an activating group) is 1. The van der Waals surface area contributed by atoms with Crippen LogP contribution in [0, 0.1) is 12.3 Å². The lowest BCUT2D eigenvalue weighted by molar-refractivity contribution is -0.139. The number of ether oxygens (including phenoxy) is 1. The Bertz CT molecular complexity index is 1190. The minimum absolute atomic E-state index is 0.0764. The van der Waals surface area contributed by atoms with E-state index < -0.39 is 24.4 Å². The largest absolute Gasteiger partial charge is 0.482 e. The number of allylic oxidation sites excluding steroid dienone is 1. The summed E-state index contributed by atoms with van der Waals surface area (Å²) < 4.78 is 5.09. The van der Waals surface area contributed by atoms with E-state index in [2.05, 4.69) is 31.4 Å². The highest BCUT2D eigenvalue weighted by Gasteiger charge is 2.16. The molecular formula is C29H38ClN5O5. The van der Waals surface area contributed by atoms with Gasteiger partial charge in [-0.3, -0.25) is 14.6 Å². The first kappa shape index (κ1) is 35.6. The summed E-state index contributed by atoms with van der Waals surface area (Å²) in [5, 5.41) is 14.3. The van der Waals surface area contributed by atoms with Crippen LogP contribution in [0.4, 0.5) is 11.5 Å². The highest BCUT2D eigenvalue weighted by atomic mass is 35.5. The number of nitrogens with one attached hydrogen (secondary N) is 2. The van der Waals surface area contributed by atoms with Gasteiger partial charge in [0.25, 0.3) is 5.91 Å². The average Bonchev–Trinajstić information content (AvgIpc) is 3.36. The van der Waals surface area contributed by atoms with Gasteiger partial charge in [0.05, 0.1) is 29.2 Å². The summed E-state index contributed by atoms with van der Waals surface area (Å²) in [6.45, 7) is 11.1. The van der Waals surface area contributed by atoms with Gasteiger partial charge >= 0.3 is 5.97 Å². The lowest BCUT2D eigenvalue weighted by Gasteiger charge is -2.12. The van der Waals surface area contributed by atoms with Gasteiger partial charge in [0, 0.05) is 19.8 Å². The number of pyridine rings is 1. The number of aliphatic imine (C=N–C) groups is 1. The third kappa shape index (κ3) is 13.4. The first-order valence-corrected chi connectivity index (χ1v) is 13.1. The molecule has 0 saturated carbocycles. The van der Waals surface area contributed by atoms with Gasteiger partial charge in [0.15, 0.2) is 6.61 Å². The molecule has 2 aromatic rings. The van der Waals surface area contributed by atoms with Crippen LogP contribution in [0.2, 0.25) is 5.02 Å². The molecule has 0 atom stereocenters. The third-order valence-electron chi connectivity index (χ3n) is 4.57. The maximum atomic E-state index is 12.6. The summed E-state index contributed by atoms with van der Waals surface area (Å²) in [6.07, 6.45) is 10.0. The molecule has 2 heterocycles. The number of anilines is 2. The highest BCUT2D eigenvalue weighted by Crippen LogP contribution is 2.24. The molecule has 3 rings (SSSR count). The number of halogens is 1. The number of rotatable bonds is 8. The quantitative estimate of drug-likeness (QED) is 0.286. The van der Waals surface area contributed by atoms with E-state index in [0.717, 1.165) is 18.9 Å². The lowest BCUT2D eigenvalue weighted by Crippen LogP contribution is -2.21. The van der Waals surface area contributed by atoms with E-state index in [9.17, 15) is 14.4 Å². The first-order chi connectivity index (χ1) is 19.2. The fourth-order valence-electron chi connectivity index (χ4n) is 2.88. The van der Waals surface area contributed by atoms with Gasteiger partial charge in [-0.25, -0.2) is 9.78 Å². The van der Waals surface area contributed by atoms with Crippen molar-refractivity contribution < 1.29 is 24.2 Å². The number of carbonyl (C=O) groups is 3. The number of benzene rings is 1. The van der Waals surface area contributed by atoms with Crippen LogP contribution >= 0.6 is 11.6 Å². The van der Waals surface area contributed by atoms with Crippen LogP contribution < -0.4 is 15.4 Å². The topological polar surface area (TPSA) is 133 Å². The number of hydrogen-bond donors (Lipinski definition) is 3. The number of amidine groups is 1. The zero-order valence-corrected chi connectivity index (χ0v) is 24.6. The van der Waals surface area contributed by atoms with Crippen molar-refractivity contribution >= 4 is 46.7 Å². The Hall–Kier alpha value is -4.36. The SMILES string of the molecule is C#CCC1=NCCN1C.C/C=C/C(=O)Nc1ccc(OCC(=O)O)cc1C(=O)Nc1ccc(Cl)cn1.CC.CC. The van der Waals surface area contributed by atoms with Gasteiger partial charge in [-0.2, -0.15) is 0 Å². The minimum Gasteiger partial charge on any atom is -0.482 e. The molecule has 1 aromatic heterocycles. The van der Waals surface area contributed by atoms with Gasteiger partial charge in [-0.15, -0.1) is 6.42 Å². The van der Waals surface area contributed by atoms with Gasteiger partial charge < -0.3 is 25.4 Å². The van der Waals surface area contributed by atoms with Crippen LogP contribution in [-0.4, -0.2) is 65.4 Å². The monoisotopic (exact) mass is 571 g/mol. The predicted octanol–water partition coefficient (Wildman–Crippen LogP) is 5.37. The summed E-state index contributed by atoms with van der Waals surface area (Å²) in [4.78, 5) is 45.4. The standard InChI is InChI=1S/C18H16ClN3O5.C7H10N2.2C2H6/c1-2-3-16(23)21-14-6-5-12(27-10-17(24)25)8-13(14)18(26)22-15-7-4-11(19)9-20-15;1-3-4-7-8-5-6-9(7)2;2*1-2/h2-9H,10H2,1H3,(H,21,23)(H,24,25)(H,20,22,26);1H,4-6H2,2H3;2*1-2H3/b3-2+;;;. The molecule has 0 fully saturated rings. The number of terminal acetylenes is 1. The molecule has 1 aromatic carbocycles. The minimum atomic E-state index is -1.16. The molecule has 11 heteroatoms. The van der Waals surface area contributed by atoms with Gasteiger partial charge in [-0.05, 0) is 43.3 Å². The number of carboxylic acid groups (broad SMARTS) is 1. The molecule has 10 nitrogen and oxygen atoms in total. The summed E-state index contributed by atoms with van der Waals surface area (Å²) in [5.74, 6) is 1.90. The fourth-order valence-corrected chi connectivity index (χ4v) is 2.99. The van der Waals surface area contributed by atoms with Crippen molar-refractivity contribution in [3.8, 4) is 18.1 Å². The lowest BCUT2D eigenvalue weighted by atomic mass is 10.1. The maximum absolute atomic E-state index is 12.6. The molecule has 0 spiro atoms. The van der Waals surface area contributed by atoms with Crippen LogP contribution in [0.5, 0.6) is 5.75 Å². The molecule has 1 aliphatic heterocycles. The summed E-state index contributed by atoms with van der Waals surface area (Å²) >= 11 is 5.76. The van der Waals surface area contributed by atoms with Crippen molar-refractivity contribution in [3.63, 3.8) is 0 Å². The van der Waals surface area contributed by atoms with Crippen molar-refractivity contribution in [1.82, 2.24) is 9.88 Å². The number of aliphatic carboxylic acids is 1. The predicted molar refractivity (Wildman–Crippen MR) is 161 cm³/mol. The van der Waals surface area contributed by atoms with Crippen LogP contribution in [0.3, 0.4) is 0 Å². The normalized spacial score (nSPS) is 11.2. The molecule has 0 aliphatic carbocycles. The smallest absolute Gasteiger partial charge is 0.341 e. The molecule has 0 unspecified atom stereocenters. The molecule has 40 heavy (non-hydrogen) atoms. The zero-order chi connectivity index (χ0) is 30.5. The molecule has 216 valence electrons. The fraction of sp³-hybridized carbons (Fsp3) is 0.345. The van der Waals surface area contributed by atoms with E-state index in [4.69, 9.17) is 27.9 Å². The number of amides is 2. The molecular weight excluding hydrogens is 534 g/mol. The molecule has 1 aliphatic rings. The summed E-state index contributed by atoms with van der Waals surface area (Å²) in [7, 11) is 2.02. The van der Waals surface area contributed by atoms with E-state index in [1.165, 1.54) is 36.5 Å². The molecule has 0 radical (unpaired) electrons. The van der Waals surface area contributed by atoms with E-state index in [-0.39, 0.29) is 22.8 Å². The number of aromatic nitrogens is 1. The van der Waals surface area contributed by atoms with E-state index in [0.29, 0.717) is 11.4 Å². The van der Waals surface area contributed by atoms with E-state index >= 15 is 0 Å². The van der Waals surface area contributed by atoms with Gasteiger partial charge in [0.1, 0.15) is 17.4 Å². The Kier molecular flexibility index (Phi) is 18.3. The Morgan fingerprint density at radius 3 is 2.40 bits per heavy atom. The van der Waals surface area contributed by atoms with E-state index in [1.54, 1.807) is 19.1 Å². The van der Waals surface area contributed by atoms with Crippen LogP contribution in [0.1, 0.15) is 51.4 Å². The highest BCUT2D eigenvalue weighted by molar-refractivity contribution is 6.30. The number of carbonyl (C=O) groups excluding carboxylic acids is 2. The zero-order valence-electron chi connectivity index (χ0n) is 23.8. The van der Waals surface area contributed by atoms with Crippen molar-refractivity contribution in [2.45, 2.75) is 41.0 Å². The van der Waals surface area contributed by atoms with Gasteiger partial charge in [-0.1, -0.05) is 51.3 Å². The van der Waals surface area contributed by atoms with Gasteiger partial charge in [0.2, 0.25) is 5.91 Å². The Morgan fingerprint density at radius 2 is 1.88 bits per heavy atom. The van der Waals surface area contributed by atoms with Crippen LogP contribution in [-0.2, 0) is 9.59 Å². The first-order valence-electron chi connectivity index (χ1n) is 12.8. The Morgan fingerprint density at radius 1 is 1.18 bits per heavy atom. The molecule has 0 saturated heterocycles. The molecule has 3 N–H and O–H groups in total. The van der Waals surface area contributed by atoms with Crippen molar-refractivity contribution in [3.05, 3.63) is 59.3 Å². The number of nitrogens with zero attached hydrogens (tertiary/aromatic N) is 3. The van der Waals surface area contributed by atoms with Crippen molar-refractivity contribution in [2.24, 2.45) is 4.99 Å². The number of carboxylic acids is 1. The molecule has 0 bridgehead atoms. The maximum Gasteiger partial charge on any atom is 0.341 e. The molecule has 2 amide bonds.